The fourth-order valence-corrected chi connectivity index (χ4v) is 1.57. The van der Waals surface area contributed by atoms with Crippen LogP contribution in [0.25, 0.3) is 0 Å². The summed E-state index contributed by atoms with van der Waals surface area (Å²) in [6.07, 6.45) is 1.90. The summed E-state index contributed by atoms with van der Waals surface area (Å²) in [7, 11) is 0. The minimum Gasteiger partial charge on any atom is -0.299 e. The predicted molar refractivity (Wildman–Crippen MR) is 42.8 cm³/mol. The molecule has 62 valence electrons. The quantitative estimate of drug-likeness (QED) is 0.496. The smallest absolute Gasteiger partial charge is 0.176 e. The molecule has 0 spiro atoms. The Morgan fingerprint density at radius 2 is 2.18 bits per heavy atom. The van der Waals surface area contributed by atoms with E-state index in [2.05, 4.69) is 0 Å². The summed E-state index contributed by atoms with van der Waals surface area (Å²) in [6, 6.07) is 0. The van der Waals surface area contributed by atoms with Crippen LogP contribution in [-0.2, 0) is 9.59 Å². The highest BCUT2D eigenvalue weighted by Gasteiger charge is 2.33. The Hall–Kier alpha value is -0.0800. The van der Waals surface area contributed by atoms with Gasteiger partial charge in [0.2, 0.25) is 0 Å². The zero-order valence-corrected chi connectivity index (χ0v) is 7.36. The van der Waals surface area contributed by atoms with Crippen LogP contribution >= 0.6 is 23.2 Å². The normalized spacial score (nSPS) is 24.6. The van der Waals surface area contributed by atoms with Crippen molar-refractivity contribution in [3.8, 4) is 0 Å². The van der Waals surface area contributed by atoms with E-state index in [4.69, 9.17) is 23.2 Å². The first-order chi connectivity index (χ1) is 5.13. The Morgan fingerprint density at radius 1 is 1.55 bits per heavy atom. The maximum atomic E-state index is 11.1. The monoisotopic (exact) mass is 194 g/mol. The van der Waals surface area contributed by atoms with E-state index in [0.29, 0.717) is 12.8 Å². The summed E-state index contributed by atoms with van der Waals surface area (Å²) in [5.41, 5.74) is 0. The maximum absolute atomic E-state index is 11.1. The van der Waals surface area contributed by atoms with Crippen LogP contribution in [0.15, 0.2) is 0 Å². The SMILES string of the molecule is O=C1CCCC1C(=O)C(Cl)Cl. The summed E-state index contributed by atoms with van der Waals surface area (Å²) >= 11 is 10.7. The second-order valence-corrected chi connectivity index (χ2v) is 3.71. The molecule has 0 aromatic carbocycles. The van der Waals surface area contributed by atoms with Crippen molar-refractivity contribution in [2.24, 2.45) is 5.92 Å². The van der Waals surface area contributed by atoms with Gasteiger partial charge in [-0.25, -0.2) is 0 Å². The molecule has 0 N–H and O–H groups in total. The summed E-state index contributed by atoms with van der Waals surface area (Å²) < 4.78 is 0. The number of Topliss-reactive ketones (excluding diaryl/α,β-unsaturated/α-hetero) is 2. The molecular weight excluding hydrogens is 187 g/mol. The van der Waals surface area contributed by atoms with E-state index in [1.165, 1.54) is 0 Å². The third-order valence-electron chi connectivity index (χ3n) is 1.86. The van der Waals surface area contributed by atoms with Crippen molar-refractivity contribution >= 4 is 34.8 Å². The van der Waals surface area contributed by atoms with Crippen molar-refractivity contribution < 1.29 is 9.59 Å². The molecule has 1 rings (SSSR count). The molecule has 0 amide bonds. The van der Waals surface area contributed by atoms with Gasteiger partial charge in [0.1, 0.15) is 5.78 Å². The lowest BCUT2D eigenvalue weighted by Gasteiger charge is -2.05. The Balaban J connectivity index is 2.60. The van der Waals surface area contributed by atoms with Gasteiger partial charge in [-0.1, -0.05) is 23.2 Å². The first-order valence-electron chi connectivity index (χ1n) is 3.47. The molecule has 1 unspecified atom stereocenters. The van der Waals surface area contributed by atoms with Gasteiger partial charge < -0.3 is 0 Å². The average Bonchev–Trinajstić information content (AvgIpc) is 2.33. The number of halogens is 2. The molecule has 0 saturated heterocycles. The van der Waals surface area contributed by atoms with E-state index in [0.717, 1.165) is 6.42 Å². The highest BCUT2D eigenvalue weighted by molar-refractivity contribution is 6.54. The third kappa shape index (κ3) is 1.94. The molecule has 1 atom stereocenters. The van der Waals surface area contributed by atoms with Gasteiger partial charge in [0.15, 0.2) is 10.6 Å². The van der Waals surface area contributed by atoms with Crippen LogP contribution in [0, 0.1) is 5.92 Å². The first-order valence-corrected chi connectivity index (χ1v) is 4.35. The van der Waals surface area contributed by atoms with Crippen LogP contribution in [0.3, 0.4) is 0 Å². The van der Waals surface area contributed by atoms with Crippen LogP contribution < -0.4 is 0 Å². The molecule has 1 saturated carbocycles. The predicted octanol–water partition coefficient (Wildman–Crippen LogP) is 1.73. The molecular formula is C7H8Cl2O2. The number of carbonyl (C=O) groups is 2. The zero-order chi connectivity index (χ0) is 8.43. The Bertz CT molecular complexity index is 189. The molecule has 0 bridgehead atoms. The van der Waals surface area contributed by atoms with Gasteiger partial charge >= 0.3 is 0 Å². The fourth-order valence-electron chi connectivity index (χ4n) is 1.27. The summed E-state index contributed by atoms with van der Waals surface area (Å²) in [4.78, 5) is 21.0. The standard InChI is InChI=1S/C7H8Cl2O2/c8-7(9)6(11)4-2-1-3-5(4)10/h4,7H,1-3H2. The average molecular weight is 195 g/mol. The number of hydrogen-bond acceptors (Lipinski definition) is 2. The van der Waals surface area contributed by atoms with Gasteiger partial charge in [0.05, 0.1) is 5.92 Å². The number of rotatable bonds is 2. The molecule has 1 aliphatic carbocycles. The number of hydrogen-bond donors (Lipinski definition) is 0. The maximum Gasteiger partial charge on any atom is 0.176 e. The van der Waals surface area contributed by atoms with Crippen LogP contribution in [0.4, 0.5) is 0 Å². The molecule has 0 radical (unpaired) electrons. The van der Waals surface area contributed by atoms with Crippen molar-refractivity contribution in [3.05, 3.63) is 0 Å². The Kier molecular flexibility index (Phi) is 2.90. The molecule has 11 heavy (non-hydrogen) atoms. The Morgan fingerprint density at radius 3 is 2.55 bits per heavy atom. The lowest BCUT2D eigenvalue weighted by Crippen LogP contribution is -2.23. The van der Waals surface area contributed by atoms with E-state index in [1.807, 2.05) is 0 Å². The summed E-state index contributed by atoms with van der Waals surface area (Å²) in [6.45, 7) is 0. The molecule has 1 fully saturated rings. The molecule has 4 heteroatoms. The van der Waals surface area contributed by atoms with E-state index in [9.17, 15) is 9.59 Å². The topological polar surface area (TPSA) is 34.1 Å². The van der Waals surface area contributed by atoms with E-state index < -0.39 is 10.8 Å². The van der Waals surface area contributed by atoms with Gasteiger partial charge in [-0.2, -0.15) is 0 Å². The molecule has 0 aliphatic heterocycles. The molecule has 0 aromatic heterocycles. The molecule has 0 heterocycles. The van der Waals surface area contributed by atoms with Crippen LogP contribution in [-0.4, -0.2) is 16.4 Å². The lowest BCUT2D eigenvalue weighted by molar-refractivity contribution is -0.129. The molecule has 2 nitrogen and oxygen atoms in total. The number of ketones is 2. The van der Waals surface area contributed by atoms with E-state index in [-0.39, 0.29) is 11.6 Å². The summed E-state index contributed by atoms with van der Waals surface area (Å²) in [5, 5.41) is 0. The van der Waals surface area contributed by atoms with Crippen LogP contribution in [0.1, 0.15) is 19.3 Å². The van der Waals surface area contributed by atoms with Crippen LogP contribution in [0.2, 0.25) is 0 Å². The largest absolute Gasteiger partial charge is 0.299 e. The van der Waals surface area contributed by atoms with Crippen molar-refractivity contribution in [1.29, 1.82) is 0 Å². The third-order valence-corrected chi connectivity index (χ3v) is 2.29. The second kappa shape index (κ2) is 3.55. The van der Waals surface area contributed by atoms with Crippen molar-refractivity contribution in [2.45, 2.75) is 24.1 Å². The van der Waals surface area contributed by atoms with Gasteiger partial charge in [0.25, 0.3) is 0 Å². The van der Waals surface area contributed by atoms with E-state index >= 15 is 0 Å². The number of alkyl halides is 2. The number of carbonyl (C=O) groups excluding carboxylic acids is 2. The molecule has 0 aromatic rings. The fraction of sp³-hybridized carbons (Fsp3) is 0.714. The minimum absolute atomic E-state index is 0.0127. The van der Waals surface area contributed by atoms with E-state index in [1.54, 1.807) is 0 Å². The second-order valence-electron chi connectivity index (χ2n) is 2.61. The highest BCUT2D eigenvalue weighted by atomic mass is 35.5. The van der Waals surface area contributed by atoms with Crippen LogP contribution in [0.5, 0.6) is 0 Å². The lowest BCUT2D eigenvalue weighted by atomic mass is 10.0. The van der Waals surface area contributed by atoms with Crippen molar-refractivity contribution in [1.82, 2.24) is 0 Å². The van der Waals surface area contributed by atoms with Crippen molar-refractivity contribution in [2.75, 3.05) is 0 Å². The Labute approximate surface area is 74.9 Å². The minimum atomic E-state index is -1.04. The van der Waals surface area contributed by atoms with Gasteiger partial charge in [-0.3, -0.25) is 9.59 Å². The molecule has 1 aliphatic rings. The van der Waals surface area contributed by atoms with Gasteiger partial charge in [-0.15, -0.1) is 0 Å². The van der Waals surface area contributed by atoms with Gasteiger partial charge in [-0.05, 0) is 12.8 Å². The highest BCUT2D eigenvalue weighted by Crippen LogP contribution is 2.25. The zero-order valence-electron chi connectivity index (χ0n) is 5.85. The summed E-state index contributed by atoms with van der Waals surface area (Å²) in [5.74, 6) is -0.868. The van der Waals surface area contributed by atoms with Crippen molar-refractivity contribution in [3.63, 3.8) is 0 Å². The first kappa shape index (κ1) is 9.01. The van der Waals surface area contributed by atoms with Gasteiger partial charge in [0, 0.05) is 6.42 Å².